The van der Waals surface area contributed by atoms with Gasteiger partial charge in [-0.05, 0) is 83.5 Å². The molecule has 0 radical (unpaired) electrons. The predicted octanol–water partition coefficient (Wildman–Crippen LogP) is 7.78. The number of hydrogen-bond donors (Lipinski definition) is 4. The summed E-state index contributed by atoms with van der Waals surface area (Å²) >= 11 is 0. The lowest BCUT2D eigenvalue weighted by Gasteiger charge is -2.36. The average Bonchev–Trinajstić information content (AvgIpc) is 3.80. The molecule has 1 aliphatic heterocycles. The highest BCUT2D eigenvalue weighted by atomic mass is 16.5. The van der Waals surface area contributed by atoms with Crippen molar-refractivity contribution in [2.24, 2.45) is 17.3 Å². The van der Waals surface area contributed by atoms with Crippen molar-refractivity contribution in [3.05, 3.63) is 97.4 Å². The quantitative estimate of drug-likeness (QED) is 0.0678. The Labute approximate surface area is 373 Å². The first kappa shape index (κ1) is 44.1. The van der Waals surface area contributed by atoms with Crippen molar-refractivity contribution in [1.29, 1.82) is 0 Å². The van der Waals surface area contributed by atoms with Crippen LogP contribution in [0, 0.1) is 17.3 Å². The summed E-state index contributed by atoms with van der Waals surface area (Å²) in [6, 6.07) is 19.5. The van der Waals surface area contributed by atoms with Crippen LogP contribution in [0.25, 0.3) is 44.4 Å². The van der Waals surface area contributed by atoms with Gasteiger partial charge in [0.15, 0.2) is 0 Å². The molecular weight excluding hydrogens is 813 g/mol. The fourth-order valence-electron chi connectivity index (χ4n) is 9.45. The second-order valence-corrected chi connectivity index (χ2v) is 17.8. The van der Waals surface area contributed by atoms with E-state index in [9.17, 15) is 19.2 Å². The molecule has 2 aliphatic carbocycles. The highest BCUT2D eigenvalue weighted by Gasteiger charge is 2.51. The van der Waals surface area contributed by atoms with E-state index in [-0.39, 0.29) is 47.7 Å². The Morgan fingerprint density at radius 2 is 1.50 bits per heavy atom. The number of aromatic amines is 2. The van der Waals surface area contributed by atoms with E-state index in [1.165, 1.54) is 14.2 Å². The number of piperidine rings is 1. The van der Waals surface area contributed by atoms with Gasteiger partial charge in [0.25, 0.3) is 0 Å². The van der Waals surface area contributed by atoms with Crippen LogP contribution < -0.4 is 10.6 Å². The van der Waals surface area contributed by atoms with Crippen molar-refractivity contribution in [1.82, 2.24) is 40.4 Å². The van der Waals surface area contributed by atoms with Crippen LogP contribution in [0.3, 0.4) is 0 Å². The zero-order valence-corrected chi connectivity index (χ0v) is 37.2. The molecule has 0 spiro atoms. The number of carbonyl (C=O) groups is 4. The number of rotatable bonds is 17. The molecule has 336 valence electrons. The van der Waals surface area contributed by atoms with Crippen LogP contribution in [0.5, 0.6) is 0 Å². The predicted molar refractivity (Wildman–Crippen MR) is 243 cm³/mol. The Balaban J connectivity index is 0.951. The SMILES string of the molecule is C=CC1(CN(Cc2ncc(-c3ccc4cc(-c5ccc(-c6cnc([C@@H]7[C@H]8CC[C@H](C8)N7C(=O)[C@H](CCOC)NC(=O)OC)[nH]6)cc5)ccc4c3)[nH]2)C(=O)[C@@H](NC(=O)OC)C(C)C)CC1. The maximum absolute atomic E-state index is 14.0. The third kappa shape index (κ3) is 9.26. The lowest BCUT2D eigenvalue weighted by molar-refractivity contribution is -0.138. The number of benzene rings is 3. The summed E-state index contributed by atoms with van der Waals surface area (Å²) < 4.78 is 14.9. The molecule has 2 saturated carbocycles. The summed E-state index contributed by atoms with van der Waals surface area (Å²) in [4.78, 5) is 72.3. The third-order valence-corrected chi connectivity index (χ3v) is 13.3. The van der Waals surface area contributed by atoms with E-state index in [1.54, 1.807) is 18.2 Å². The summed E-state index contributed by atoms with van der Waals surface area (Å²) in [5.74, 6) is 1.20. The molecule has 0 unspecified atom stereocenters. The molecule has 1 saturated heterocycles. The van der Waals surface area contributed by atoms with E-state index in [2.05, 4.69) is 92.8 Å². The Bertz CT molecular complexity index is 2510. The van der Waals surface area contributed by atoms with Gasteiger partial charge in [-0.2, -0.15) is 0 Å². The van der Waals surface area contributed by atoms with Gasteiger partial charge in [0.2, 0.25) is 11.8 Å². The van der Waals surface area contributed by atoms with Gasteiger partial charge in [-0.25, -0.2) is 19.6 Å². The average molecular weight is 871 g/mol. The van der Waals surface area contributed by atoms with E-state index in [1.807, 2.05) is 31.0 Å². The van der Waals surface area contributed by atoms with Crippen molar-refractivity contribution in [2.75, 3.05) is 34.5 Å². The molecule has 15 nitrogen and oxygen atoms in total. The molecule has 5 aromatic rings. The number of likely N-dealkylation sites (tertiary alicyclic amines) is 1. The first-order valence-corrected chi connectivity index (χ1v) is 22.1. The standard InChI is InChI=1S/C49H58N8O7/c1-7-49(19-20-49)28-56(46(59)42(29(2)3)55-48(61)64-6)27-41-50-25-40(52-41)35-15-14-33-22-32(12-13-34(33)23-35)30-8-10-31(11-9-30)39-26-51-44(53-39)43-36-16-17-37(24-36)57(43)45(58)38(18-21-62-4)54-47(60)63-5/h7-15,22-23,25-26,29,36-38,42-43H,1,16-21,24,27-28H2,2-6H3,(H,50,52)(H,51,53)(H,54,60)(H,55,61)/t36-,37+,38-,42-,43-/m0/s1. The topological polar surface area (TPSA) is 184 Å². The van der Waals surface area contributed by atoms with Crippen molar-refractivity contribution in [3.8, 4) is 33.6 Å². The molecule has 3 heterocycles. The van der Waals surface area contributed by atoms with Crippen LogP contribution in [0.4, 0.5) is 9.59 Å². The number of ether oxygens (including phenoxy) is 3. The van der Waals surface area contributed by atoms with E-state index >= 15 is 0 Å². The number of imidazole rings is 2. The normalized spacial score (nSPS) is 19.3. The molecule has 4 N–H and O–H groups in total. The summed E-state index contributed by atoms with van der Waals surface area (Å²) in [7, 11) is 4.15. The van der Waals surface area contributed by atoms with E-state index in [4.69, 9.17) is 19.2 Å². The van der Waals surface area contributed by atoms with Gasteiger partial charge < -0.3 is 44.6 Å². The molecule has 4 amide bonds. The molecule has 2 aromatic heterocycles. The van der Waals surface area contributed by atoms with Crippen LogP contribution in [0.1, 0.15) is 70.1 Å². The second kappa shape index (κ2) is 18.7. The monoisotopic (exact) mass is 870 g/mol. The fourth-order valence-corrected chi connectivity index (χ4v) is 9.45. The Hall–Kier alpha value is -6.48. The molecule has 5 atom stereocenters. The highest BCUT2D eigenvalue weighted by molar-refractivity contribution is 5.91. The lowest BCUT2D eigenvalue weighted by Crippen LogP contribution is -2.52. The maximum Gasteiger partial charge on any atom is 0.407 e. The number of amides is 4. The molecule has 2 bridgehead atoms. The molecule has 15 heteroatoms. The van der Waals surface area contributed by atoms with Gasteiger partial charge in [0.1, 0.15) is 23.7 Å². The van der Waals surface area contributed by atoms with Gasteiger partial charge in [0.05, 0.1) is 50.6 Å². The number of nitrogens with zero attached hydrogens (tertiary/aromatic N) is 4. The first-order valence-electron chi connectivity index (χ1n) is 22.1. The van der Waals surface area contributed by atoms with Crippen LogP contribution in [0.15, 0.2) is 85.7 Å². The molecule has 8 rings (SSSR count). The summed E-state index contributed by atoms with van der Waals surface area (Å²) in [5, 5.41) is 7.60. The number of nitrogens with one attached hydrogen (secondary N) is 4. The third-order valence-electron chi connectivity index (χ3n) is 13.3. The highest BCUT2D eigenvalue weighted by Crippen LogP contribution is 2.50. The van der Waals surface area contributed by atoms with Gasteiger partial charge in [-0.1, -0.05) is 68.5 Å². The maximum atomic E-state index is 14.0. The van der Waals surface area contributed by atoms with Crippen molar-refractivity contribution < 1.29 is 33.4 Å². The molecular formula is C49H58N8O7. The second-order valence-electron chi connectivity index (χ2n) is 17.8. The van der Waals surface area contributed by atoms with Gasteiger partial charge in [-0.3, -0.25) is 9.59 Å². The van der Waals surface area contributed by atoms with Crippen molar-refractivity contribution >= 4 is 34.8 Å². The van der Waals surface area contributed by atoms with Crippen LogP contribution >= 0.6 is 0 Å². The van der Waals surface area contributed by atoms with Crippen molar-refractivity contribution in [3.63, 3.8) is 0 Å². The Kier molecular flexibility index (Phi) is 12.9. The smallest absolute Gasteiger partial charge is 0.407 e. The summed E-state index contributed by atoms with van der Waals surface area (Å²) in [6.45, 7) is 8.89. The van der Waals surface area contributed by atoms with Crippen LogP contribution in [0.2, 0.25) is 0 Å². The number of hydrogen-bond acceptors (Lipinski definition) is 9. The van der Waals surface area contributed by atoms with E-state index in [0.29, 0.717) is 25.4 Å². The fraction of sp³-hybridized carbons (Fsp3) is 0.429. The Morgan fingerprint density at radius 3 is 2.17 bits per heavy atom. The number of alkyl carbamates (subject to hydrolysis) is 2. The van der Waals surface area contributed by atoms with Gasteiger partial charge in [0, 0.05) is 43.7 Å². The number of fused-ring (bicyclic) bond motifs is 3. The molecule has 3 fully saturated rings. The number of carbonyl (C=O) groups excluding carboxylic acids is 4. The van der Waals surface area contributed by atoms with E-state index < -0.39 is 24.3 Å². The molecule has 3 aliphatic rings. The molecule has 3 aromatic carbocycles. The minimum absolute atomic E-state index is 0.0944. The largest absolute Gasteiger partial charge is 0.453 e. The zero-order chi connectivity index (χ0) is 45.1. The Morgan fingerprint density at radius 1 is 0.859 bits per heavy atom. The number of aromatic nitrogens is 4. The summed E-state index contributed by atoms with van der Waals surface area (Å²) in [6.07, 6.45) is 9.39. The minimum Gasteiger partial charge on any atom is -0.453 e. The number of methoxy groups -OCH3 is 3. The summed E-state index contributed by atoms with van der Waals surface area (Å²) in [5.41, 5.74) is 5.68. The number of H-pyrrole nitrogens is 2. The molecule has 64 heavy (non-hydrogen) atoms. The van der Waals surface area contributed by atoms with Crippen LogP contribution in [-0.4, -0.2) is 106 Å². The lowest BCUT2D eigenvalue weighted by atomic mass is 9.97. The van der Waals surface area contributed by atoms with E-state index in [0.717, 1.165) is 82.3 Å². The van der Waals surface area contributed by atoms with Crippen molar-refractivity contribution in [2.45, 2.75) is 83.1 Å². The van der Waals surface area contributed by atoms with Gasteiger partial charge >= 0.3 is 12.2 Å². The first-order chi connectivity index (χ1) is 30.9. The zero-order valence-electron chi connectivity index (χ0n) is 37.2. The minimum atomic E-state index is -0.759. The van der Waals surface area contributed by atoms with Crippen LogP contribution in [-0.2, 0) is 30.3 Å². The van der Waals surface area contributed by atoms with Gasteiger partial charge in [-0.15, -0.1) is 6.58 Å².